The van der Waals surface area contributed by atoms with Crippen molar-refractivity contribution >= 4 is 17.5 Å². The molecule has 0 radical (unpaired) electrons. The molecule has 0 aromatic heterocycles. The van der Waals surface area contributed by atoms with Gasteiger partial charge in [0.25, 0.3) is 5.91 Å². The topological polar surface area (TPSA) is 66.5 Å². The number of ether oxygens (including phenoxy) is 5. The van der Waals surface area contributed by atoms with E-state index in [-0.39, 0.29) is 12.0 Å². The third-order valence-corrected chi connectivity index (χ3v) is 5.82. The Morgan fingerprint density at radius 1 is 1.21 bits per heavy atom. The molecule has 176 valence electrons. The lowest BCUT2D eigenvalue weighted by Crippen LogP contribution is -2.37. The SMILES string of the molecule is C=CCOc1ccc(CN(CC2CCCO2)C(=O)c2cc(Cl)c3c(c2)OCCO3)cc1OC. The third-order valence-electron chi connectivity index (χ3n) is 5.54. The first-order valence-electron chi connectivity index (χ1n) is 11.0. The van der Waals surface area contributed by atoms with Gasteiger partial charge in [0, 0.05) is 25.3 Å². The second-order valence-corrected chi connectivity index (χ2v) is 8.30. The van der Waals surface area contributed by atoms with Crippen LogP contribution in [-0.2, 0) is 11.3 Å². The average molecular weight is 474 g/mol. The van der Waals surface area contributed by atoms with Crippen LogP contribution in [0.2, 0.25) is 5.02 Å². The van der Waals surface area contributed by atoms with Crippen LogP contribution >= 0.6 is 11.6 Å². The second-order valence-electron chi connectivity index (χ2n) is 7.89. The van der Waals surface area contributed by atoms with E-state index in [1.54, 1.807) is 30.2 Å². The molecular formula is C25H28ClNO6. The molecule has 0 saturated carbocycles. The summed E-state index contributed by atoms with van der Waals surface area (Å²) in [6.45, 7) is 6.46. The molecule has 2 aliphatic heterocycles. The lowest BCUT2D eigenvalue weighted by Gasteiger charge is -2.27. The Balaban J connectivity index is 1.59. The van der Waals surface area contributed by atoms with Crippen molar-refractivity contribution in [2.45, 2.75) is 25.5 Å². The minimum atomic E-state index is -0.157. The van der Waals surface area contributed by atoms with E-state index in [1.807, 2.05) is 18.2 Å². The van der Waals surface area contributed by atoms with Gasteiger partial charge in [-0.15, -0.1) is 0 Å². The summed E-state index contributed by atoms with van der Waals surface area (Å²) >= 11 is 6.39. The number of nitrogens with zero attached hydrogens (tertiary/aromatic N) is 1. The Labute approximate surface area is 198 Å². The molecule has 1 fully saturated rings. The molecule has 0 N–H and O–H groups in total. The predicted molar refractivity (Wildman–Crippen MR) is 125 cm³/mol. The number of carbonyl (C=O) groups excluding carboxylic acids is 1. The summed E-state index contributed by atoms with van der Waals surface area (Å²) in [7, 11) is 1.59. The van der Waals surface area contributed by atoms with Crippen LogP contribution in [0.4, 0.5) is 0 Å². The molecule has 1 amide bonds. The highest BCUT2D eigenvalue weighted by Crippen LogP contribution is 2.39. The zero-order chi connectivity index (χ0) is 23.2. The fourth-order valence-electron chi connectivity index (χ4n) is 3.97. The lowest BCUT2D eigenvalue weighted by atomic mass is 10.1. The van der Waals surface area contributed by atoms with Gasteiger partial charge in [0.05, 0.1) is 18.2 Å². The Bertz CT molecular complexity index is 1000. The number of benzene rings is 2. The van der Waals surface area contributed by atoms with Crippen LogP contribution in [0.1, 0.15) is 28.8 Å². The molecule has 2 aromatic carbocycles. The largest absolute Gasteiger partial charge is 0.493 e. The quantitative estimate of drug-likeness (QED) is 0.499. The van der Waals surface area contributed by atoms with Gasteiger partial charge in [-0.05, 0) is 42.7 Å². The highest BCUT2D eigenvalue weighted by atomic mass is 35.5. The summed E-state index contributed by atoms with van der Waals surface area (Å²) in [4.78, 5) is 15.4. The number of methoxy groups -OCH3 is 1. The van der Waals surface area contributed by atoms with Gasteiger partial charge in [0.2, 0.25) is 0 Å². The van der Waals surface area contributed by atoms with Crippen molar-refractivity contribution in [1.29, 1.82) is 0 Å². The highest BCUT2D eigenvalue weighted by molar-refractivity contribution is 6.32. The van der Waals surface area contributed by atoms with Crippen molar-refractivity contribution in [3.05, 3.63) is 59.1 Å². The maximum Gasteiger partial charge on any atom is 0.254 e. The maximum atomic E-state index is 13.6. The third kappa shape index (κ3) is 5.54. The van der Waals surface area contributed by atoms with E-state index in [0.717, 1.165) is 18.4 Å². The normalized spacial score (nSPS) is 16.8. The Kier molecular flexibility index (Phi) is 7.62. The first kappa shape index (κ1) is 23.3. The molecule has 8 heteroatoms. The van der Waals surface area contributed by atoms with Crippen molar-refractivity contribution < 1.29 is 28.5 Å². The van der Waals surface area contributed by atoms with Gasteiger partial charge in [-0.3, -0.25) is 4.79 Å². The smallest absolute Gasteiger partial charge is 0.254 e. The molecule has 0 bridgehead atoms. The van der Waals surface area contributed by atoms with Crippen LogP contribution in [0.25, 0.3) is 0 Å². The fourth-order valence-corrected chi connectivity index (χ4v) is 4.23. The van der Waals surface area contributed by atoms with Crippen LogP contribution in [0.3, 0.4) is 0 Å². The van der Waals surface area contributed by atoms with Gasteiger partial charge in [0.15, 0.2) is 23.0 Å². The summed E-state index contributed by atoms with van der Waals surface area (Å²) in [6.07, 6.45) is 3.58. The molecule has 1 unspecified atom stereocenters. The number of hydrogen-bond donors (Lipinski definition) is 0. The molecule has 33 heavy (non-hydrogen) atoms. The van der Waals surface area contributed by atoms with Crippen molar-refractivity contribution in [2.75, 3.05) is 40.1 Å². The van der Waals surface area contributed by atoms with E-state index >= 15 is 0 Å². The van der Waals surface area contributed by atoms with Crippen LogP contribution in [-0.4, -0.2) is 57.0 Å². The Hall–Kier alpha value is -2.90. The fraction of sp³-hybridized carbons (Fsp3) is 0.400. The van der Waals surface area contributed by atoms with Gasteiger partial charge in [-0.1, -0.05) is 30.3 Å². The van der Waals surface area contributed by atoms with E-state index in [0.29, 0.717) is 73.1 Å². The number of halogens is 1. The van der Waals surface area contributed by atoms with Crippen LogP contribution in [0.5, 0.6) is 23.0 Å². The van der Waals surface area contributed by atoms with Crippen molar-refractivity contribution in [3.8, 4) is 23.0 Å². The number of amides is 1. The summed E-state index contributed by atoms with van der Waals surface area (Å²) in [5.41, 5.74) is 1.35. The second kappa shape index (κ2) is 10.8. The monoisotopic (exact) mass is 473 g/mol. The molecule has 2 aromatic rings. The first-order valence-corrected chi connectivity index (χ1v) is 11.4. The highest BCUT2D eigenvalue weighted by Gasteiger charge is 2.26. The minimum absolute atomic E-state index is 0.00118. The lowest BCUT2D eigenvalue weighted by molar-refractivity contribution is 0.0506. The van der Waals surface area contributed by atoms with Gasteiger partial charge >= 0.3 is 0 Å². The summed E-state index contributed by atoms with van der Waals surface area (Å²) in [5.74, 6) is 2.03. The summed E-state index contributed by atoms with van der Waals surface area (Å²) in [6, 6.07) is 8.97. The van der Waals surface area contributed by atoms with E-state index in [9.17, 15) is 4.79 Å². The van der Waals surface area contributed by atoms with Crippen LogP contribution in [0.15, 0.2) is 43.0 Å². The number of fused-ring (bicyclic) bond motifs is 1. The van der Waals surface area contributed by atoms with E-state index in [2.05, 4.69) is 6.58 Å². The zero-order valence-corrected chi connectivity index (χ0v) is 19.4. The average Bonchev–Trinajstić information content (AvgIpc) is 3.35. The Morgan fingerprint density at radius 2 is 2.06 bits per heavy atom. The number of hydrogen-bond acceptors (Lipinski definition) is 6. The standard InChI is InChI=1S/C25H28ClNO6/c1-3-8-31-21-7-6-17(12-22(21)29-2)15-27(16-19-5-4-9-30-19)25(28)18-13-20(26)24-23(14-18)32-10-11-33-24/h3,6-7,12-14,19H,1,4-5,8-11,15-16H2,2H3. The molecule has 1 saturated heterocycles. The summed E-state index contributed by atoms with van der Waals surface area (Å²) in [5, 5.41) is 0.359. The molecular weight excluding hydrogens is 446 g/mol. The van der Waals surface area contributed by atoms with Gasteiger partial charge in [-0.2, -0.15) is 0 Å². The molecule has 0 spiro atoms. The van der Waals surface area contributed by atoms with Crippen LogP contribution in [0, 0.1) is 0 Å². The molecule has 2 aliphatic rings. The van der Waals surface area contributed by atoms with Crippen molar-refractivity contribution in [3.63, 3.8) is 0 Å². The van der Waals surface area contributed by atoms with Crippen LogP contribution < -0.4 is 18.9 Å². The molecule has 0 aliphatic carbocycles. The van der Waals surface area contributed by atoms with E-state index < -0.39 is 0 Å². The van der Waals surface area contributed by atoms with E-state index in [4.69, 9.17) is 35.3 Å². The van der Waals surface area contributed by atoms with Crippen molar-refractivity contribution in [2.24, 2.45) is 0 Å². The number of rotatable bonds is 9. The maximum absolute atomic E-state index is 13.6. The number of carbonyl (C=O) groups is 1. The zero-order valence-electron chi connectivity index (χ0n) is 18.7. The van der Waals surface area contributed by atoms with Gasteiger partial charge in [0.1, 0.15) is 19.8 Å². The minimum Gasteiger partial charge on any atom is -0.493 e. The Morgan fingerprint density at radius 3 is 2.82 bits per heavy atom. The first-order chi connectivity index (χ1) is 16.1. The van der Waals surface area contributed by atoms with Gasteiger partial charge in [-0.25, -0.2) is 0 Å². The van der Waals surface area contributed by atoms with Crippen molar-refractivity contribution in [1.82, 2.24) is 4.90 Å². The van der Waals surface area contributed by atoms with Gasteiger partial charge < -0.3 is 28.6 Å². The predicted octanol–water partition coefficient (Wildman–Crippen LogP) is 4.51. The van der Waals surface area contributed by atoms with E-state index in [1.165, 1.54) is 0 Å². The molecule has 2 heterocycles. The molecule has 4 rings (SSSR count). The molecule has 1 atom stereocenters. The molecule has 7 nitrogen and oxygen atoms in total. The summed E-state index contributed by atoms with van der Waals surface area (Å²) < 4.78 is 28.2.